The summed E-state index contributed by atoms with van der Waals surface area (Å²) in [6.45, 7) is 2.04. The number of carbonyl (C=O) groups excluding carboxylic acids is 1. The Morgan fingerprint density at radius 2 is 1.88 bits per heavy atom. The van der Waals surface area contributed by atoms with Gasteiger partial charge in [-0.2, -0.15) is 0 Å². The van der Waals surface area contributed by atoms with Gasteiger partial charge < -0.3 is 10.7 Å². The fourth-order valence-corrected chi connectivity index (χ4v) is 3.27. The molecule has 1 aromatic heterocycles. The maximum Gasteiger partial charge on any atom is 0.253 e. The summed E-state index contributed by atoms with van der Waals surface area (Å²) in [5.74, 6) is 7.43. The molecule has 0 fully saturated rings. The number of rotatable bonds is 5. The number of thioether (sulfide) groups is 1. The van der Waals surface area contributed by atoms with Gasteiger partial charge in [0.25, 0.3) is 5.91 Å². The minimum atomic E-state index is -0.0134. The predicted octanol–water partition coefficient (Wildman–Crippen LogP) is 2.96. The fourth-order valence-electron chi connectivity index (χ4n) is 2.48. The highest BCUT2D eigenvalue weighted by atomic mass is 32.2. The molecule has 0 saturated heterocycles. The van der Waals surface area contributed by atoms with E-state index >= 15 is 0 Å². The lowest BCUT2D eigenvalue weighted by molar-refractivity contribution is 0.0827. The lowest BCUT2D eigenvalue weighted by atomic mass is 10.1. The van der Waals surface area contributed by atoms with E-state index in [0.717, 1.165) is 11.1 Å². The molecule has 2 N–H and O–H groups in total. The van der Waals surface area contributed by atoms with Crippen LogP contribution in [0.15, 0.2) is 53.7 Å². The van der Waals surface area contributed by atoms with Crippen LogP contribution >= 0.6 is 11.8 Å². The molecule has 0 aliphatic heterocycles. The first-order valence-corrected chi connectivity index (χ1v) is 9.15. The molecule has 0 atom stereocenters. The summed E-state index contributed by atoms with van der Waals surface area (Å²) in [6.07, 6.45) is 0. The number of benzene rings is 2. The molecule has 7 heteroatoms. The highest BCUT2D eigenvalue weighted by Crippen LogP contribution is 2.25. The van der Waals surface area contributed by atoms with Crippen LogP contribution in [-0.2, 0) is 5.75 Å². The molecule has 1 heterocycles. The number of amides is 1. The molecule has 0 spiro atoms. The molecular weight excluding hydrogens is 346 g/mol. The second kappa shape index (κ2) is 7.61. The molecule has 0 bridgehead atoms. The third kappa shape index (κ3) is 3.88. The van der Waals surface area contributed by atoms with Crippen LogP contribution in [-0.4, -0.2) is 39.8 Å². The zero-order valence-electron chi connectivity index (χ0n) is 15.0. The van der Waals surface area contributed by atoms with Gasteiger partial charge in [-0.1, -0.05) is 53.7 Å². The average molecular weight is 367 g/mol. The van der Waals surface area contributed by atoms with Crippen molar-refractivity contribution in [3.8, 4) is 11.4 Å². The van der Waals surface area contributed by atoms with E-state index in [1.807, 2.05) is 55.5 Å². The van der Waals surface area contributed by atoms with Gasteiger partial charge in [0.15, 0.2) is 5.82 Å². The molecule has 1 amide bonds. The van der Waals surface area contributed by atoms with Crippen molar-refractivity contribution in [2.45, 2.75) is 17.8 Å². The molecule has 2 aromatic carbocycles. The van der Waals surface area contributed by atoms with Gasteiger partial charge in [-0.05, 0) is 24.6 Å². The highest BCUT2D eigenvalue weighted by molar-refractivity contribution is 7.98. The Kier molecular flexibility index (Phi) is 5.27. The Morgan fingerprint density at radius 3 is 2.58 bits per heavy atom. The molecule has 0 unspecified atom stereocenters. The quantitative estimate of drug-likeness (QED) is 0.554. The van der Waals surface area contributed by atoms with Crippen molar-refractivity contribution in [1.82, 2.24) is 19.8 Å². The number of nitrogens with zero attached hydrogens (tertiary/aromatic N) is 4. The zero-order valence-corrected chi connectivity index (χ0v) is 15.8. The van der Waals surface area contributed by atoms with Crippen LogP contribution in [0.5, 0.6) is 0 Å². The number of nitrogens with two attached hydrogens (primary N) is 1. The summed E-state index contributed by atoms with van der Waals surface area (Å²) in [6, 6.07) is 15.6. The number of carbonyl (C=O) groups is 1. The van der Waals surface area contributed by atoms with Crippen molar-refractivity contribution >= 4 is 17.7 Å². The van der Waals surface area contributed by atoms with Crippen LogP contribution in [0.2, 0.25) is 0 Å². The van der Waals surface area contributed by atoms with Crippen molar-refractivity contribution in [1.29, 1.82) is 0 Å². The zero-order chi connectivity index (χ0) is 18.7. The molecule has 6 nitrogen and oxygen atoms in total. The summed E-state index contributed by atoms with van der Waals surface area (Å²) in [5, 5.41) is 9.02. The molecule has 134 valence electrons. The third-order valence-electron chi connectivity index (χ3n) is 3.92. The van der Waals surface area contributed by atoms with Crippen molar-refractivity contribution < 1.29 is 4.79 Å². The Hall–Kier alpha value is -2.80. The number of hydrogen-bond acceptors (Lipinski definition) is 5. The summed E-state index contributed by atoms with van der Waals surface area (Å²) in [4.78, 5) is 13.6. The predicted molar refractivity (Wildman–Crippen MR) is 104 cm³/mol. The van der Waals surface area contributed by atoms with Gasteiger partial charge in [-0.15, -0.1) is 10.2 Å². The van der Waals surface area contributed by atoms with Crippen LogP contribution in [0.4, 0.5) is 0 Å². The maximum atomic E-state index is 12.1. The molecule has 3 aromatic rings. The van der Waals surface area contributed by atoms with Crippen LogP contribution < -0.4 is 5.84 Å². The van der Waals surface area contributed by atoms with Gasteiger partial charge >= 0.3 is 0 Å². The molecule has 0 aliphatic rings. The SMILES string of the molecule is Cc1ccc(-c2nnc(SCc3cccc(C(=O)N(C)C)c3)n2N)cc1. The standard InChI is InChI=1S/C19H21N5OS/c1-13-7-9-15(10-8-13)17-21-22-19(24(17)20)26-12-14-5-4-6-16(11-14)18(25)23(2)3/h4-11H,12,20H2,1-3H3. The van der Waals surface area contributed by atoms with E-state index in [1.165, 1.54) is 22.0 Å². The first kappa shape index (κ1) is 18.0. The summed E-state index contributed by atoms with van der Waals surface area (Å²) in [5.41, 5.74) is 3.81. The van der Waals surface area contributed by atoms with Gasteiger partial charge in [0.2, 0.25) is 5.16 Å². The molecule has 26 heavy (non-hydrogen) atoms. The lowest BCUT2D eigenvalue weighted by Gasteiger charge is -2.11. The minimum Gasteiger partial charge on any atom is -0.345 e. The van der Waals surface area contributed by atoms with Crippen molar-refractivity contribution in [3.63, 3.8) is 0 Å². The Morgan fingerprint density at radius 1 is 1.15 bits per heavy atom. The van der Waals surface area contributed by atoms with Crippen molar-refractivity contribution in [2.24, 2.45) is 0 Å². The van der Waals surface area contributed by atoms with E-state index in [4.69, 9.17) is 5.84 Å². The second-order valence-electron chi connectivity index (χ2n) is 6.23. The Labute approximate surface area is 157 Å². The molecule has 0 saturated carbocycles. The normalized spacial score (nSPS) is 10.7. The van der Waals surface area contributed by atoms with Crippen molar-refractivity contribution in [3.05, 3.63) is 65.2 Å². The van der Waals surface area contributed by atoms with Crippen molar-refractivity contribution in [2.75, 3.05) is 19.9 Å². The van der Waals surface area contributed by atoms with E-state index in [-0.39, 0.29) is 5.91 Å². The fraction of sp³-hybridized carbons (Fsp3) is 0.211. The third-order valence-corrected chi connectivity index (χ3v) is 4.94. The van der Waals surface area contributed by atoms with Crippen LogP contribution in [0.25, 0.3) is 11.4 Å². The number of hydrogen-bond donors (Lipinski definition) is 1. The van der Waals surface area contributed by atoms with E-state index < -0.39 is 0 Å². The average Bonchev–Trinajstić information content (AvgIpc) is 3.01. The van der Waals surface area contributed by atoms with Crippen LogP contribution in [0.3, 0.4) is 0 Å². The lowest BCUT2D eigenvalue weighted by Crippen LogP contribution is -2.21. The maximum absolute atomic E-state index is 12.1. The van der Waals surface area contributed by atoms with Gasteiger partial charge in [0, 0.05) is 31.0 Å². The Bertz CT molecular complexity index is 918. The van der Waals surface area contributed by atoms with E-state index in [1.54, 1.807) is 19.0 Å². The Balaban J connectivity index is 1.74. The van der Waals surface area contributed by atoms with Crippen LogP contribution in [0, 0.1) is 6.92 Å². The topological polar surface area (TPSA) is 77.0 Å². The molecule has 0 aliphatic carbocycles. The van der Waals surface area contributed by atoms with Gasteiger partial charge in [-0.25, -0.2) is 4.68 Å². The monoisotopic (exact) mass is 367 g/mol. The van der Waals surface area contributed by atoms with Gasteiger partial charge in [0.05, 0.1) is 0 Å². The number of aromatic nitrogens is 3. The number of aryl methyl sites for hydroxylation is 1. The van der Waals surface area contributed by atoms with E-state index in [0.29, 0.717) is 22.3 Å². The van der Waals surface area contributed by atoms with Gasteiger partial charge in [-0.3, -0.25) is 4.79 Å². The van der Waals surface area contributed by atoms with Gasteiger partial charge in [0.1, 0.15) is 0 Å². The second-order valence-corrected chi connectivity index (χ2v) is 7.17. The van der Waals surface area contributed by atoms with E-state index in [2.05, 4.69) is 10.2 Å². The van der Waals surface area contributed by atoms with E-state index in [9.17, 15) is 4.79 Å². The summed E-state index contributed by atoms with van der Waals surface area (Å²) in [7, 11) is 3.49. The summed E-state index contributed by atoms with van der Waals surface area (Å²) < 4.78 is 1.50. The molecule has 0 radical (unpaired) electrons. The molecular formula is C19H21N5OS. The first-order chi connectivity index (χ1) is 12.5. The first-order valence-electron chi connectivity index (χ1n) is 8.16. The smallest absolute Gasteiger partial charge is 0.253 e. The molecule has 3 rings (SSSR count). The largest absolute Gasteiger partial charge is 0.345 e. The number of nitrogen functional groups attached to an aromatic ring is 1. The highest BCUT2D eigenvalue weighted by Gasteiger charge is 2.13. The minimum absolute atomic E-state index is 0.0134. The summed E-state index contributed by atoms with van der Waals surface area (Å²) >= 11 is 1.49. The van der Waals surface area contributed by atoms with Crippen LogP contribution in [0.1, 0.15) is 21.5 Å².